The fourth-order valence-corrected chi connectivity index (χ4v) is 3.64. The third-order valence-corrected chi connectivity index (χ3v) is 4.68. The molecule has 0 N–H and O–H groups in total. The maximum absolute atomic E-state index is 5.96. The number of piperidine rings is 2. The van der Waals surface area contributed by atoms with Crippen LogP contribution in [0.3, 0.4) is 0 Å². The lowest BCUT2D eigenvalue weighted by Gasteiger charge is -2.40. The van der Waals surface area contributed by atoms with Gasteiger partial charge in [-0.25, -0.2) is 9.97 Å². The summed E-state index contributed by atoms with van der Waals surface area (Å²) in [5.74, 6) is 0.986. The molecule has 0 saturated carbocycles. The van der Waals surface area contributed by atoms with Crippen LogP contribution >= 0.6 is 11.6 Å². The van der Waals surface area contributed by atoms with E-state index in [1.807, 2.05) is 13.0 Å². The van der Waals surface area contributed by atoms with Gasteiger partial charge in [-0.3, -0.25) is 0 Å². The van der Waals surface area contributed by atoms with E-state index < -0.39 is 0 Å². The van der Waals surface area contributed by atoms with Crippen molar-refractivity contribution in [1.29, 1.82) is 0 Å². The predicted molar refractivity (Wildman–Crippen MR) is 82.4 cm³/mol. The van der Waals surface area contributed by atoms with Gasteiger partial charge in [0.05, 0.1) is 0 Å². The topological polar surface area (TPSA) is 32.3 Å². The molecule has 0 bridgehead atoms. The molecule has 0 atom stereocenters. The highest BCUT2D eigenvalue weighted by atomic mass is 35.5. The van der Waals surface area contributed by atoms with Crippen molar-refractivity contribution in [3.8, 4) is 0 Å². The molecule has 2 aliphatic rings. The maximum Gasteiger partial charge on any atom is 0.224 e. The molecule has 20 heavy (non-hydrogen) atoms. The van der Waals surface area contributed by atoms with Crippen molar-refractivity contribution in [2.24, 2.45) is 0 Å². The van der Waals surface area contributed by atoms with Crippen LogP contribution in [-0.2, 0) is 0 Å². The minimum atomic E-state index is 0.359. The molecule has 2 saturated heterocycles. The molecule has 0 aliphatic carbocycles. The van der Waals surface area contributed by atoms with Gasteiger partial charge in [-0.2, -0.15) is 0 Å². The molecular weight excluding hydrogens is 272 g/mol. The van der Waals surface area contributed by atoms with Gasteiger partial charge in [0.15, 0.2) is 0 Å². The van der Waals surface area contributed by atoms with Crippen LogP contribution in [0.5, 0.6) is 0 Å². The summed E-state index contributed by atoms with van der Waals surface area (Å²) in [6.07, 6.45) is 6.64. The van der Waals surface area contributed by atoms with Gasteiger partial charge in [0.1, 0.15) is 5.82 Å². The zero-order valence-electron chi connectivity index (χ0n) is 12.2. The molecular formula is C15H23ClN4. The van der Waals surface area contributed by atoms with Crippen LogP contribution in [0, 0.1) is 6.92 Å². The van der Waals surface area contributed by atoms with E-state index in [1.165, 1.54) is 45.2 Å². The fraction of sp³-hybridized carbons (Fsp3) is 0.733. The summed E-state index contributed by atoms with van der Waals surface area (Å²) >= 11 is 5.96. The summed E-state index contributed by atoms with van der Waals surface area (Å²) in [5, 5.41) is 0.359. The van der Waals surface area contributed by atoms with Gasteiger partial charge in [-0.05, 0) is 57.3 Å². The number of nitrogens with zero attached hydrogens (tertiary/aromatic N) is 4. The molecule has 2 aliphatic heterocycles. The summed E-state index contributed by atoms with van der Waals surface area (Å²) in [5.41, 5.74) is 0.943. The van der Waals surface area contributed by atoms with E-state index in [9.17, 15) is 0 Å². The number of halogens is 1. The first-order valence-corrected chi connectivity index (χ1v) is 8.10. The molecule has 5 heteroatoms. The number of hydrogen-bond donors (Lipinski definition) is 0. The molecule has 4 nitrogen and oxygen atoms in total. The number of likely N-dealkylation sites (tertiary alicyclic amines) is 1. The quantitative estimate of drug-likeness (QED) is 0.785. The largest absolute Gasteiger partial charge is 0.356 e. The Balaban J connectivity index is 1.60. The predicted octanol–water partition coefficient (Wildman–Crippen LogP) is 2.89. The van der Waals surface area contributed by atoms with Crippen molar-refractivity contribution in [1.82, 2.24) is 14.9 Å². The minimum absolute atomic E-state index is 0.359. The molecule has 0 unspecified atom stereocenters. The van der Waals surface area contributed by atoms with E-state index >= 15 is 0 Å². The van der Waals surface area contributed by atoms with E-state index in [4.69, 9.17) is 11.6 Å². The molecule has 3 heterocycles. The molecule has 1 aromatic rings. The Labute approximate surface area is 126 Å². The van der Waals surface area contributed by atoms with Gasteiger partial charge in [0.2, 0.25) is 5.28 Å². The standard InChI is InChI=1S/C15H23ClN4/c1-12-11-14(18-15(16)17-12)20-9-5-13(6-10-20)19-7-3-2-4-8-19/h11,13H,2-10H2,1H3. The number of aryl methyl sites for hydroxylation is 1. The Kier molecular flexibility index (Phi) is 4.41. The highest BCUT2D eigenvalue weighted by Crippen LogP contribution is 2.24. The van der Waals surface area contributed by atoms with Crippen molar-refractivity contribution < 1.29 is 0 Å². The Morgan fingerprint density at radius 3 is 2.40 bits per heavy atom. The fourth-order valence-electron chi connectivity index (χ4n) is 3.42. The Bertz CT molecular complexity index is 431. The molecule has 0 aromatic carbocycles. The molecule has 3 rings (SSSR count). The van der Waals surface area contributed by atoms with Gasteiger partial charge in [-0.1, -0.05) is 6.42 Å². The summed E-state index contributed by atoms with van der Waals surface area (Å²) in [4.78, 5) is 13.5. The average molecular weight is 295 g/mol. The highest BCUT2D eigenvalue weighted by Gasteiger charge is 2.26. The van der Waals surface area contributed by atoms with Gasteiger partial charge in [-0.15, -0.1) is 0 Å². The maximum atomic E-state index is 5.96. The number of anilines is 1. The summed E-state index contributed by atoms with van der Waals surface area (Å²) in [6.45, 7) is 6.71. The molecule has 1 aromatic heterocycles. The monoisotopic (exact) mass is 294 g/mol. The lowest BCUT2D eigenvalue weighted by atomic mass is 10.00. The molecule has 0 radical (unpaired) electrons. The Morgan fingerprint density at radius 1 is 1.05 bits per heavy atom. The zero-order chi connectivity index (χ0) is 13.9. The van der Waals surface area contributed by atoms with E-state index in [0.717, 1.165) is 30.6 Å². The first-order valence-electron chi connectivity index (χ1n) is 7.72. The van der Waals surface area contributed by atoms with Gasteiger partial charge >= 0.3 is 0 Å². The number of rotatable bonds is 2. The van der Waals surface area contributed by atoms with Crippen molar-refractivity contribution in [2.45, 2.75) is 45.1 Å². The highest BCUT2D eigenvalue weighted by molar-refractivity contribution is 6.28. The second-order valence-corrected chi connectivity index (χ2v) is 6.29. The third-order valence-electron chi connectivity index (χ3n) is 4.51. The van der Waals surface area contributed by atoms with E-state index in [1.54, 1.807) is 0 Å². The lowest BCUT2D eigenvalue weighted by molar-refractivity contribution is 0.141. The SMILES string of the molecule is Cc1cc(N2CCC(N3CCCCC3)CC2)nc(Cl)n1. The lowest BCUT2D eigenvalue weighted by Crippen LogP contribution is -2.47. The van der Waals surface area contributed by atoms with Crippen molar-refractivity contribution in [3.05, 3.63) is 17.0 Å². The second kappa shape index (κ2) is 6.27. The normalized spacial score (nSPS) is 22.2. The molecule has 2 fully saturated rings. The number of aromatic nitrogens is 2. The van der Waals surface area contributed by atoms with E-state index in [0.29, 0.717) is 5.28 Å². The smallest absolute Gasteiger partial charge is 0.224 e. The van der Waals surface area contributed by atoms with Gasteiger partial charge in [0.25, 0.3) is 0 Å². The minimum Gasteiger partial charge on any atom is -0.356 e. The van der Waals surface area contributed by atoms with Crippen LogP contribution in [0.15, 0.2) is 6.07 Å². The van der Waals surface area contributed by atoms with Crippen LogP contribution in [0.1, 0.15) is 37.8 Å². The zero-order valence-corrected chi connectivity index (χ0v) is 12.9. The number of hydrogen-bond acceptors (Lipinski definition) is 4. The van der Waals surface area contributed by atoms with Crippen LogP contribution in [0.2, 0.25) is 5.28 Å². The van der Waals surface area contributed by atoms with Gasteiger partial charge in [0, 0.05) is 30.9 Å². The molecule has 0 amide bonds. The van der Waals surface area contributed by atoms with Crippen LogP contribution in [0.25, 0.3) is 0 Å². The Hall–Kier alpha value is -0.870. The van der Waals surface area contributed by atoms with Crippen molar-refractivity contribution in [3.63, 3.8) is 0 Å². The second-order valence-electron chi connectivity index (χ2n) is 5.95. The van der Waals surface area contributed by atoms with Crippen molar-refractivity contribution in [2.75, 3.05) is 31.1 Å². The molecule has 110 valence electrons. The Morgan fingerprint density at radius 2 is 1.75 bits per heavy atom. The third kappa shape index (κ3) is 3.23. The van der Waals surface area contributed by atoms with Crippen LogP contribution < -0.4 is 4.90 Å². The first kappa shape index (κ1) is 14.1. The molecule has 0 spiro atoms. The van der Waals surface area contributed by atoms with E-state index in [-0.39, 0.29) is 0 Å². The van der Waals surface area contributed by atoms with Gasteiger partial charge < -0.3 is 9.80 Å². The first-order chi connectivity index (χ1) is 9.72. The van der Waals surface area contributed by atoms with Crippen molar-refractivity contribution >= 4 is 17.4 Å². The summed E-state index contributed by atoms with van der Waals surface area (Å²) in [6, 6.07) is 2.80. The summed E-state index contributed by atoms with van der Waals surface area (Å²) < 4.78 is 0. The average Bonchev–Trinajstić information content (AvgIpc) is 2.47. The summed E-state index contributed by atoms with van der Waals surface area (Å²) in [7, 11) is 0. The van der Waals surface area contributed by atoms with E-state index in [2.05, 4.69) is 19.8 Å². The van der Waals surface area contributed by atoms with Crippen LogP contribution in [-0.4, -0.2) is 47.1 Å². The van der Waals surface area contributed by atoms with Crippen LogP contribution in [0.4, 0.5) is 5.82 Å².